The molecule has 0 unspecified atom stereocenters. The minimum atomic E-state index is -1.31. The monoisotopic (exact) mass is 340 g/mol. The average molecular weight is 341 g/mol. The molecule has 1 fully saturated rings. The smallest absolute Gasteiger partial charge is 0.329 e. The molecule has 23 heavy (non-hydrogen) atoms. The fraction of sp³-hybridized carbons (Fsp3) is 0.467. The lowest BCUT2D eigenvalue weighted by atomic mass is 9.90. The molecule has 0 radical (unpaired) electrons. The Morgan fingerprint density at radius 2 is 1.83 bits per heavy atom. The highest BCUT2D eigenvalue weighted by molar-refractivity contribution is 6.34. The molecule has 2 N–H and O–H groups in total. The van der Waals surface area contributed by atoms with Crippen LogP contribution in [-0.2, 0) is 4.79 Å². The van der Waals surface area contributed by atoms with E-state index in [2.05, 4.69) is 5.32 Å². The molecule has 1 aliphatic rings. The van der Waals surface area contributed by atoms with Crippen molar-refractivity contribution in [1.29, 1.82) is 0 Å². The van der Waals surface area contributed by atoms with Gasteiger partial charge in [0.15, 0.2) is 0 Å². The number of hydrogen-bond donors (Lipinski definition) is 2. The van der Waals surface area contributed by atoms with Crippen LogP contribution in [0.1, 0.15) is 48.9 Å². The molecule has 7 nitrogen and oxygen atoms in total. The van der Waals surface area contributed by atoms with E-state index in [4.69, 9.17) is 11.6 Å². The van der Waals surface area contributed by atoms with Crippen LogP contribution in [0.15, 0.2) is 18.2 Å². The predicted molar refractivity (Wildman–Crippen MR) is 83.6 cm³/mol. The number of nitro groups is 1. The topological polar surface area (TPSA) is 110 Å². The largest absolute Gasteiger partial charge is 0.480 e. The summed E-state index contributed by atoms with van der Waals surface area (Å²) in [4.78, 5) is 34.2. The molecule has 1 saturated carbocycles. The number of benzene rings is 1. The van der Waals surface area contributed by atoms with E-state index in [1.807, 2.05) is 0 Å². The van der Waals surface area contributed by atoms with E-state index >= 15 is 0 Å². The first kappa shape index (κ1) is 17.2. The summed E-state index contributed by atoms with van der Waals surface area (Å²) < 4.78 is 0. The molecular weight excluding hydrogens is 324 g/mol. The molecule has 124 valence electrons. The third-order valence-corrected chi connectivity index (χ3v) is 4.44. The molecule has 1 amide bonds. The molecular formula is C15H17ClN2O5. The van der Waals surface area contributed by atoms with Gasteiger partial charge < -0.3 is 10.4 Å². The van der Waals surface area contributed by atoms with Gasteiger partial charge in [-0.05, 0) is 18.9 Å². The van der Waals surface area contributed by atoms with E-state index in [1.54, 1.807) is 0 Å². The van der Waals surface area contributed by atoms with Crippen molar-refractivity contribution in [2.75, 3.05) is 0 Å². The second-order valence-corrected chi connectivity index (χ2v) is 6.08. The number of rotatable bonds is 4. The van der Waals surface area contributed by atoms with Crippen LogP contribution >= 0.6 is 11.6 Å². The lowest BCUT2D eigenvalue weighted by molar-refractivity contribution is -0.384. The van der Waals surface area contributed by atoms with Gasteiger partial charge in [-0.25, -0.2) is 4.79 Å². The first-order chi connectivity index (χ1) is 10.9. The predicted octanol–water partition coefficient (Wildman–Crippen LogP) is 3.16. The highest BCUT2D eigenvalue weighted by Crippen LogP contribution is 2.29. The normalized spacial score (nSPS) is 17.1. The Morgan fingerprint density at radius 3 is 2.30 bits per heavy atom. The van der Waals surface area contributed by atoms with E-state index < -0.39 is 22.3 Å². The van der Waals surface area contributed by atoms with Gasteiger partial charge in [0.2, 0.25) is 0 Å². The minimum Gasteiger partial charge on any atom is -0.480 e. The van der Waals surface area contributed by atoms with Gasteiger partial charge in [0.25, 0.3) is 11.6 Å². The molecule has 1 aliphatic carbocycles. The summed E-state index contributed by atoms with van der Waals surface area (Å²) in [5.74, 6) is -1.69. The highest BCUT2D eigenvalue weighted by atomic mass is 35.5. The number of hydrogen-bond acceptors (Lipinski definition) is 4. The molecule has 0 aromatic heterocycles. The van der Waals surface area contributed by atoms with Crippen LogP contribution in [0.5, 0.6) is 0 Å². The molecule has 1 aromatic rings. The van der Waals surface area contributed by atoms with Crippen LogP contribution in [-0.4, -0.2) is 27.4 Å². The number of carbonyl (C=O) groups excluding carboxylic acids is 1. The quantitative estimate of drug-likeness (QED) is 0.497. The number of carbonyl (C=O) groups is 2. The summed E-state index contributed by atoms with van der Waals surface area (Å²) in [6.45, 7) is 0. The van der Waals surface area contributed by atoms with Gasteiger partial charge in [-0.1, -0.05) is 37.3 Å². The number of non-ortho nitro benzene ring substituents is 1. The van der Waals surface area contributed by atoms with Crippen LogP contribution < -0.4 is 5.32 Å². The second kappa shape index (κ2) is 6.95. The molecule has 0 atom stereocenters. The Morgan fingerprint density at radius 1 is 1.22 bits per heavy atom. The summed E-state index contributed by atoms with van der Waals surface area (Å²) in [5.41, 5.74) is -1.50. The number of amides is 1. The maximum Gasteiger partial charge on any atom is 0.329 e. The molecule has 0 heterocycles. The maximum absolute atomic E-state index is 12.4. The zero-order chi connectivity index (χ0) is 17.0. The zero-order valence-corrected chi connectivity index (χ0v) is 13.1. The van der Waals surface area contributed by atoms with Gasteiger partial charge in [0.05, 0.1) is 15.5 Å². The Bertz CT molecular complexity index is 639. The number of halogens is 1. The van der Waals surface area contributed by atoms with E-state index in [0.29, 0.717) is 12.8 Å². The van der Waals surface area contributed by atoms with Crippen LogP contribution in [0.25, 0.3) is 0 Å². The van der Waals surface area contributed by atoms with Crippen LogP contribution in [0, 0.1) is 10.1 Å². The van der Waals surface area contributed by atoms with Crippen LogP contribution in [0.2, 0.25) is 5.02 Å². The first-order valence-electron chi connectivity index (χ1n) is 7.35. The van der Waals surface area contributed by atoms with Crippen molar-refractivity contribution in [3.8, 4) is 0 Å². The lowest BCUT2D eigenvalue weighted by Crippen LogP contribution is -2.54. The third kappa shape index (κ3) is 3.79. The van der Waals surface area contributed by atoms with Crippen molar-refractivity contribution < 1.29 is 19.6 Å². The fourth-order valence-electron chi connectivity index (χ4n) is 2.81. The molecule has 2 rings (SSSR count). The van der Waals surface area contributed by atoms with Crippen LogP contribution in [0.3, 0.4) is 0 Å². The number of nitrogens with zero attached hydrogens (tertiary/aromatic N) is 1. The van der Waals surface area contributed by atoms with Crippen molar-refractivity contribution in [2.45, 2.75) is 44.1 Å². The van der Waals surface area contributed by atoms with Gasteiger partial charge in [0, 0.05) is 12.1 Å². The number of carboxylic acid groups (broad SMARTS) is 1. The summed E-state index contributed by atoms with van der Waals surface area (Å²) in [6.07, 6.45) is 4.03. The summed E-state index contributed by atoms with van der Waals surface area (Å²) >= 11 is 5.93. The van der Waals surface area contributed by atoms with E-state index in [0.717, 1.165) is 31.7 Å². The summed E-state index contributed by atoms with van der Waals surface area (Å²) in [6, 6.07) is 3.49. The molecule has 8 heteroatoms. The molecule has 0 bridgehead atoms. The number of carboxylic acids is 1. The first-order valence-corrected chi connectivity index (χ1v) is 7.73. The Balaban J connectivity index is 2.25. The van der Waals surface area contributed by atoms with Gasteiger partial charge >= 0.3 is 5.97 Å². The maximum atomic E-state index is 12.4. The van der Waals surface area contributed by atoms with Crippen molar-refractivity contribution in [3.63, 3.8) is 0 Å². The van der Waals surface area contributed by atoms with Crippen molar-refractivity contribution >= 4 is 29.2 Å². The fourth-order valence-corrected chi connectivity index (χ4v) is 3.07. The number of nitrogens with one attached hydrogen (secondary N) is 1. The molecule has 0 spiro atoms. The molecule has 0 aliphatic heterocycles. The minimum absolute atomic E-state index is 0.0298. The number of nitro benzene ring substituents is 1. The lowest BCUT2D eigenvalue weighted by Gasteiger charge is -2.29. The Hall–Kier alpha value is -2.15. The third-order valence-electron chi connectivity index (χ3n) is 4.13. The summed E-state index contributed by atoms with van der Waals surface area (Å²) in [5, 5.41) is 22.8. The van der Waals surface area contributed by atoms with E-state index in [9.17, 15) is 24.8 Å². The van der Waals surface area contributed by atoms with Gasteiger partial charge in [0.1, 0.15) is 5.54 Å². The van der Waals surface area contributed by atoms with Crippen molar-refractivity contribution in [1.82, 2.24) is 5.32 Å². The molecule has 0 saturated heterocycles. The Kier molecular flexibility index (Phi) is 5.20. The highest BCUT2D eigenvalue weighted by Gasteiger charge is 2.40. The van der Waals surface area contributed by atoms with Crippen LogP contribution in [0.4, 0.5) is 5.69 Å². The summed E-state index contributed by atoms with van der Waals surface area (Å²) in [7, 11) is 0. The standard InChI is InChI=1S/C15H17ClN2O5/c16-12-9-10(18(22)23)5-6-11(12)13(19)17-15(14(20)21)7-3-1-2-4-8-15/h5-6,9H,1-4,7-8H2,(H,17,19)(H,20,21). The number of aliphatic carboxylic acids is 1. The SMILES string of the molecule is O=C(NC1(C(=O)O)CCCCCC1)c1ccc([N+](=O)[O-])cc1Cl. The van der Waals surface area contributed by atoms with E-state index in [-0.39, 0.29) is 16.3 Å². The zero-order valence-electron chi connectivity index (χ0n) is 12.4. The Labute approximate surface area is 137 Å². The van der Waals surface area contributed by atoms with E-state index in [1.165, 1.54) is 12.1 Å². The van der Waals surface area contributed by atoms with Gasteiger partial charge in [-0.2, -0.15) is 0 Å². The van der Waals surface area contributed by atoms with Gasteiger partial charge in [-0.15, -0.1) is 0 Å². The van der Waals surface area contributed by atoms with Crippen molar-refractivity contribution in [3.05, 3.63) is 38.9 Å². The van der Waals surface area contributed by atoms with Crippen molar-refractivity contribution in [2.24, 2.45) is 0 Å². The van der Waals surface area contributed by atoms with Gasteiger partial charge in [-0.3, -0.25) is 14.9 Å². The molecule has 1 aromatic carbocycles. The second-order valence-electron chi connectivity index (χ2n) is 5.68. The average Bonchev–Trinajstić information content (AvgIpc) is 2.73.